The van der Waals surface area contributed by atoms with Crippen molar-refractivity contribution in [3.63, 3.8) is 0 Å². The first-order valence-electron chi connectivity index (χ1n) is 13.0. The second-order valence-electron chi connectivity index (χ2n) is 10.4. The van der Waals surface area contributed by atoms with Gasteiger partial charge in [0, 0.05) is 24.6 Å². The van der Waals surface area contributed by atoms with Gasteiger partial charge in [0.1, 0.15) is 11.8 Å². The van der Waals surface area contributed by atoms with Gasteiger partial charge in [0.05, 0.1) is 31.9 Å². The van der Waals surface area contributed by atoms with Gasteiger partial charge in [0.2, 0.25) is 5.91 Å². The molecule has 3 aliphatic heterocycles. The lowest BCUT2D eigenvalue weighted by molar-refractivity contribution is -0.132. The van der Waals surface area contributed by atoms with Crippen molar-refractivity contribution in [2.45, 2.75) is 57.3 Å². The summed E-state index contributed by atoms with van der Waals surface area (Å²) in [5, 5.41) is 10.6. The first kappa shape index (κ1) is 24.9. The lowest BCUT2D eigenvalue weighted by atomic mass is 9.83. The maximum absolute atomic E-state index is 13.7. The van der Waals surface area contributed by atoms with Crippen LogP contribution in [0.2, 0.25) is 0 Å². The number of hydrogen-bond acceptors (Lipinski definition) is 7. The molecule has 3 N–H and O–H groups in total. The summed E-state index contributed by atoms with van der Waals surface area (Å²) in [6.45, 7) is 6.24. The first-order valence-corrected chi connectivity index (χ1v) is 13.0. The summed E-state index contributed by atoms with van der Waals surface area (Å²) in [5.41, 5.74) is 8.27. The number of fused-ring (bicyclic) bond motifs is 1. The number of ether oxygens (including phenoxy) is 3. The van der Waals surface area contributed by atoms with Crippen LogP contribution in [0.5, 0.6) is 17.2 Å². The highest BCUT2D eigenvalue weighted by Crippen LogP contribution is 2.49. The molecular formula is C28H37N3O5. The van der Waals surface area contributed by atoms with E-state index in [0.29, 0.717) is 30.6 Å². The number of likely N-dealkylation sites (tertiary alicyclic amines) is 1. The van der Waals surface area contributed by atoms with Gasteiger partial charge in [-0.25, -0.2) is 10.9 Å². The average Bonchev–Trinajstić information content (AvgIpc) is 3.59. The predicted octanol–water partition coefficient (Wildman–Crippen LogP) is 3.72. The molecule has 0 radical (unpaired) electrons. The van der Waals surface area contributed by atoms with Crippen molar-refractivity contribution in [3.05, 3.63) is 53.6 Å². The van der Waals surface area contributed by atoms with Crippen molar-refractivity contribution in [3.8, 4) is 17.2 Å². The Labute approximate surface area is 212 Å². The number of carbonyl (C=O) groups excluding carboxylic acids is 1. The minimum absolute atomic E-state index is 0.0346. The molecule has 3 heterocycles. The van der Waals surface area contributed by atoms with Gasteiger partial charge in [0.15, 0.2) is 11.5 Å². The Kier molecular flexibility index (Phi) is 7.37. The number of nitrogens with zero attached hydrogens (tertiary/aromatic N) is 1. The van der Waals surface area contributed by atoms with Crippen LogP contribution in [0.1, 0.15) is 56.3 Å². The Morgan fingerprint density at radius 1 is 1.14 bits per heavy atom. The minimum Gasteiger partial charge on any atom is -0.508 e. The summed E-state index contributed by atoms with van der Waals surface area (Å²) < 4.78 is 17.7. The number of carbonyl (C=O) groups is 1. The smallest absolute Gasteiger partial charge is 0.242 e. The molecule has 5 rings (SSSR count). The molecule has 3 aliphatic rings. The van der Waals surface area contributed by atoms with Crippen LogP contribution in [0.25, 0.3) is 0 Å². The number of aromatic hydroxyl groups is 1. The van der Waals surface area contributed by atoms with Crippen LogP contribution < -0.4 is 20.3 Å². The molecule has 5 atom stereocenters. The van der Waals surface area contributed by atoms with Gasteiger partial charge in [-0.15, -0.1) is 0 Å². The number of methoxy groups -OCH3 is 1. The molecule has 3 saturated heterocycles. The summed E-state index contributed by atoms with van der Waals surface area (Å²) in [5.74, 6) is 2.03. The van der Waals surface area contributed by atoms with Gasteiger partial charge < -0.3 is 24.2 Å². The van der Waals surface area contributed by atoms with Gasteiger partial charge in [-0.05, 0) is 48.9 Å². The Morgan fingerprint density at radius 3 is 2.67 bits per heavy atom. The number of hydrogen-bond donors (Lipinski definition) is 3. The van der Waals surface area contributed by atoms with Gasteiger partial charge in [-0.3, -0.25) is 4.79 Å². The molecule has 1 amide bonds. The van der Waals surface area contributed by atoms with E-state index >= 15 is 0 Å². The van der Waals surface area contributed by atoms with E-state index in [9.17, 15) is 9.90 Å². The molecule has 8 heteroatoms. The van der Waals surface area contributed by atoms with Crippen LogP contribution in [-0.4, -0.2) is 54.9 Å². The van der Waals surface area contributed by atoms with E-state index in [-0.39, 0.29) is 35.8 Å². The number of benzene rings is 2. The highest BCUT2D eigenvalue weighted by molar-refractivity contribution is 5.86. The molecule has 0 saturated carbocycles. The Bertz CT molecular complexity index is 1070. The first-order chi connectivity index (χ1) is 17.5. The Balaban J connectivity index is 1.50. The van der Waals surface area contributed by atoms with Crippen LogP contribution in [0.3, 0.4) is 0 Å². The van der Waals surface area contributed by atoms with Crippen molar-refractivity contribution in [1.29, 1.82) is 0 Å². The van der Waals surface area contributed by atoms with Gasteiger partial charge in [0.25, 0.3) is 0 Å². The van der Waals surface area contributed by atoms with Crippen molar-refractivity contribution in [2.24, 2.45) is 11.8 Å². The van der Waals surface area contributed by atoms with Crippen molar-refractivity contribution in [2.75, 3.05) is 26.9 Å². The average molecular weight is 496 g/mol. The highest BCUT2D eigenvalue weighted by atomic mass is 16.5. The molecule has 3 fully saturated rings. The number of phenolic OH excluding ortho intramolecular Hbond substituents is 1. The summed E-state index contributed by atoms with van der Waals surface area (Å²) in [6, 6.07) is 12.4. The van der Waals surface area contributed by atoms with Crippen LogP contribution in [0.4, 0.5) is 0 Å². The predicted molar refractivity (Wildman–Crippen MR) is 136 cm³/mol. The van der Waals surface area contributed by atoms with Crippen LogP contribution in [0.15, 0.2) is 42.5 Å². The zero-order chi connectivity index (χ0) is 25.2. The molecule has 194 valence electrons. The lowest BCUT2D eigenvalue weighted by Crippen LogP contribution is -2.43. The van der Waals surface area contributed by atoms with Crippen molar-refractivity contribution >= 4 is 5.91 Å². The molecule has 0 bridgehead atoms. The van der Waals surface area contributed by atoms with E-state index in [1.807, 2.05) is 41.3 Å². The van der Waals surface area contributed by atoms with Gasteiger partial charge in [-0.2, -0.15) is 0 Å². The number of hydrazine groups is 1. The quantitative estimate of drug-likeness (QED) is 0.488. The largest absolute Gasteiger partial charge is 0.508 e. The summed E-state index contributed by atoms with van der Waals surface area (Å²) in [6.07, 6.45) is 2.96. The third kappa shape index (κ3) is 4.77. The second kappa shape index (κ2) is 10.7. The fourth-order valence-electron chi connectivity index (χ4n) is 5.72. The number of nitrogens with one attached hydrogen (secondary N) is 2. The standard InChI is InChI=1S/C28H37N3O5/c1-17(2)12-14-36-22-11-10-18(15-23(22)34-3)27-24-25(20-8-4-5-9-21(20)32)29-30-26(24)28(33)31(27)16-19-7-6-13-35-19/h4-5,8-11,15,17,19,24-27,29-30,32H,6-7,12-14,16H2,1-3H3. The zero-order valence-electron chi connectivity index (χ0n) is 21.3. The molecule has 36 heavy (non-hydrogen) atoms. The summed E-state index contributed by atoms with van der Waals surface area (Å²) >= 11 is 0. The van der Waals surface area contributed by atoms with E-state index in [1.165, 1.54) is 0 Å². The van der Waals surface area contributed by atoms with E-state index in [2.05, 4.69) is 24.7 Å². The van der Waals surface area contributed by atoms with E-state index in [1.54, 1.807) is 13.2 Å². The lowest BCUT2D eigenvalue weighted by Gasteiger charge is -2.33. The molecule has 0 aromatic heterocycles. The Morgan fingerprint density at radius 2 is 1.94 bits per heavy atom. The van der Waals surface area contributed by atoms with E-state index in [0.717, 1.165) is 37.0 Å². The fourth-order valence-corrected chi connectivity index (χ4v) is 5.72. The van der Waals surface area contributed by atoms with Crippen molar-refractivity contribution in [1.82, 2.24) is 15.8 Å². The molecule has 2 aromatic rings. The highest BCUT2D eigenvalue weighted by Gasteiger charge is 2.56. The molecule has 0 spiro atoms. The topological polar surface area (TPSA) is 92.3 Å². The fraction of sp³-hybridized carbons (Fsp3) is 0.536. The molecular weight excluding hydrogens is 458 g/mol. The van der Waals surface area contributed by atoms with Crippen LogP contribution >= 0.6 is 0 Å². The van der Waals surface area contributed by atoms with Crippen LogP contribution in [0, 0.1) is 11.8 Å². The van der Waals surface area contributed by atoms with Gasteiger partial charge >= 0.3 is 0 Å². The van der Waals surface area contributed by atoms with Crippen LogP contribution in [-0.2, 0) is 9.53 Å². The number of phenols is 1. The molecule has 8 nitrogen and oxygen atoms in total. The molecule has 5 unspecified atom stereocenters. The minimum atomic E-state index is -0.408. The SMILES string of the molecule is COc1cc(C2C3C(NNC3c3ccccc3O)C(=O)N2CC2CCCO2)ccc1OCCC(C)C. The zero-order valence-corrected chi connectivity index (χ0v) is 21.3. The Hall–Kier alpha value is -2.81. The van der Waals surface area contributed by atoms with Gasteiger partial charge in [-0.1, -0.05) is 38.1 Å². The molecule has 2 aromatic carbocycles. The monoisotopic (exact) mass is 495 g/mol. The maximum atomic E-state index is 13.7. The number of rotatable bonds is 9. The normalized spacial score (nSPS) is 27.6. The summed E-state index contributed by atoms with van der Waals surface area (Å²) in [4.78, 5) is 15.7. The third-order valence-electron chi connectivity index (χ3n) is 7.59. The number of para-hydroxylation sites is 1. The van der Waals surface area contributed by atoms with E-state index < -0.39 is 6.04 Å². The number of amides is 1. The third-order valence-corrected chi connectivity index (χ3v) is 7.59. The summed E-state index contributed by atoms with van der Waals surface area (Å²) in [7, 11) is 1.64. The second-order valence-corrected chi connectivity index (χ2v) is 10.4. The maximum Gasteiger partial charge on any atom is 0.242 e. The van der Waals surface area contributed by atoms with Crippen molar-refractivity contribution < 1.29 is 24.1 Å². The molecule has 0 aliphatic carbocycles. The van der Waals surface area contributed by atoms with E-state index in [4.69, 9.17) is 14.2 Å².